The number of hydrogen-bond donors (Lipinski definition) is 2. The number of ether oxygens (including phenoxy) is 1. The minimum Gasteiger partial charge on any atom is -0.480 e. The number of methoxy groups -OCH3 is 1. The van der Waals surface area contributed by atoms with Crippen LogP contribution in [0.4, 0.5) is 30.5 Å². The van der Waals surface area contributed by atoms with Crippen LogP contribution >= 0.6 is 11.8 Å². The molecule has 11 heteroatoms. The maximum absolute atomic E-state index is 13.0. The van der Waals surface area contributed by atoms with Gasteiger partial charge >= 0.3 is 12.1 Å². The molecule has 0 aliphatic carbocycles. The predicted octanol–water partition coefficient (Wildman–Crippen LogP) is 5.85. The number of aromatic nitrogens is 2. The predicted molar refractivity (Wildman–Crippen MR) is 134 cm³/mol. The van der Waals surface area contributed by atoms with Crippen LogP contribution in [0.2, 0.25) is 0 Å². The number of thioether (sulfide) groups is 1. The standard InChI is InChI=1S/C25H27F3N4O3S/c1-24(2,23(33)34)36-20-9-7-17(8-10-20)15-32(11-12-35-3)22-14-21(29-16-30-22)31-19-6-4-5-18(13-19)25(26,27)28/h4-10,13-14,16H,11-12,15H2,1-3H3,(H,33,34)(H,29,30,31). The Morgan fingerprint density at radius 1 is 1.11 bits per heavy atom. The Kier molecular flexibility index (Phi) is 8.80. The molecule has 2 N–H and O–H groups in total. The molecule has 3 aromatic rings. The molecule has 0 saturated heterocycles. The van der Waals surface area contributed by atoms with Crippen LogP contribution in [0.1, 0.15) is 25.0 Å². The van der Waals surface area contributed by atoms with Crippen LogP contribution in [0, 0.1) is 0 Å². The van der Waals surface area contributed by atoms with E-state index in [4.69, 9.17) is 4.74 Å². The lowest BCUT2D eigenvalue weighted by molar-refractivity contribution is -0.139. The molecule has 0 atom stereocenters. The zero-order valence-corrected chi connectivity index (χ0v) is 20.9. The summed E-state index contributed by atoms with van der Waals surface area (Å²) < 4.78 is 43.4. The van der Waals surface area contributed by atoms with Crippen molar-refractivity contribution in [1.82, 2.24) is 9.97 Å². The number of rotatable bonds is 11. The van der Waals surface area contributed by atoms with Crippen molar-refractivity contribution in [3.63, 3.8) is 0 Å². The fourth-order valence-electron chi connectivity index (χ4n) is 3.21. The molecule has 0 saturated carbocycles. The van der Waals surface area contributed by atoms with Crippen LogP contribution in [0.15, 0.2) is 65.8 Å². The summed E-state index contributed by atoms with van der Waals surface area (Å²) in [5, 5.41) is 12.3. The van der Waals surface area contributed by atoms with Gasteiger partial charge in [-0.05, 0) is 49.7 Å². The van der Waals surface area contributed by atoms with Gasteiger partial charge < -0.3 is 20.1 Å². The zero-order chi connectivity index (χ0) is 26.3. The van der Waals surface area contributed by atoms with E-state index in [1.54, 1.807) is 27.0 Å². The Balaban J connectivity index is 1.77. The maximum Gasteiger partial charge on any atom is 0.416 e. The van der Waals surface area contributed by atoms with Crippen LogP contribution in [-0.2, 0) is 22.3 Å². The van der Waals surface area contributed by atoms with E-state index in [1.165, 1.54) is 30.2 Å². The van der Waals surface area contributed by atoms with Crippen LogP contribution in [0.5, 0.6) is 0 Å². The molecular weight excluding hydrogens is 493 g/mol. The Labute approximate surface area is 211 Å². The molecule has 0 aliphatic heterocycles. The fourth-order valence-corrected chi connectivity index (χ4v) is 4.16. The number of hydrogen-bond acceptors (Lipinski definition) is 7. The molecule has 7 nitrogen and oxygen atoms in total. The molecule has 192 valence electrons. The van der Waals surface area contributed by atoms with Gasteiger partial charge in [-0.15, -0.1) is 11.8 Å². The second-order valence-electron chi connectivity index (χ2n) is 8.44. The largest absolute Gasteiger partial charge is 0.480 e. The van der Waals surface area contributed by atoms with Crippen molar-refractivity contribution in [3.05, 3.63) is 72.1 Å². The van der Waals surface area contributed by atoms with Gasteiger partial charge in [-0.1, -0.05) is 18.2 Å². The number of nitrogens with zero attached hydrogens (tertiary/aromatic N) is 3. The highest BCUT2D eigenvalue weighted by molar-refractivity contribution is 8.01. The number of halogens is 3. The van der Waals surface area contributed by atoms with Gasteiger partial charge in [-0.2, -0.15) is 13.2 Å². The number of carbonyl (C=O) groups is 1. The van der Waals surface area contributed by atoms with Crippen molar-refractivity contribution >= 4 is 35.1 Å². The molecule has 0 bridgehead atoms. The molecule has 1 heterocycles. The Hall–Kier alpha value is -3.31. The van der Waals surface area contributed by atoms with Crippen molar-refractivity contribution in [1.29, 1.82) is 0 Å². The quantitative estimate of drug-likeness (QED) is 0.305. The Morgan fingerprint density at radius 3 is 2.47 bits per heavy atom. The van der Waals surface area contributed by atoms with Crippen LogP contribution in [0.25, 0.3) is 0 Å². The van der Waals surface area contributed by atoms with E-state index in [0.717, 1.165) is 22.6 Å². The van der Waals surface area contributed by atoms with Gasteiger partial charge in [0.2, 0.25) is 0 Å². The summed E-state index contributed by atoms with van der Waals surface area (Å²) in [4.78, 5) is 22.7. The van der Waals surface area contributed by atoms with Crippen molar-refractivity contribution < 1.29 is 27.8 Å². The summed E-state index contributed by atoms with van der Waals surface area (Å²) in [5.41, 5.74) is 0.474. The molecule has 0 aliphatic rings. The van der Waals surface area contributed by atoms with Crippen LogP contribution in [-0.4, -0.2) is 46.1 Å². The first-order valence-corrected chi connectivity index (χ1v) is 11.8. The smallest absolute Gasteiger partial charge is 0.416 e. The fraction of sp³-hybridized carbons (Fsp3) is 0.320. The van der Waals surface area contributed by atoms with E-state index < -0.39 is 22.5 Å². The number of carboxylic acid groups (broad SMARTS) is 1. The molecule has 2 aromatic carbocycles. The van der Waals surface area contributed by atoms with Gasteiger partial charge in [0.1, 0.15) is 22.7 Å². The summed E-state index contributed by atoms with van der Waals surface area (Å²) in [5.74, 6) is 0.0343. The number of benzene rings is 2. The third-order valence-electron chi connectivity index (χ3n) is 5.19. The lowest BCUT2D eigenvalue weighted by atomic mass is 10.2. The third-order valence-corrected chi connectivity index (χ3v) is 6.38. The van der Waals surface area contributed by atoms with Crippen molar-refractivity contribution in [2.45, 2.75) is 36.2 Å². The van der Waals surface area contributed by atoms with E-state index >= 15 is 0 Å². The van der Waals surface area contributed by atoms with Crippen LogP contribution in [0.3, 0.4) is 0 Å². The van der Waals surface area contributed by atoms with Crippen molar-refractivity contribution in [3.8, 4) is 0 Å². The van der Waals surface area contributed by atoms with Gasteiger partial charge in [0, 0.05) is 36.8 Å². The summed E-state index contributed by atoms with van der Waals surface area (Å²) in [6.07, 6.45) is -3.10. The van der Waals surface area contributed by atoms with E-state index in [0.29, 0.717) is 31.3 Å². The van der Waals surface area contributed by atoms with Crippen molar-refractivity contribution in [2.75, 3.05) is 30.5 Å². The van der Waals surface area contributed by atoms with Crippen LogP contribution < -0.4 is 10.2 Å². The molecule has 0 spiro atoms. The molecule has 0 unspecified atom stereocenters. The molecule has 36 heavy (non-hydrogen) atoms. The highest BCUT2D eigenvalue weighted by atomic mass is 32.2. The Morgan fingerprint density at radius 2 is 1.83 bits per heavy atom. The molecule has 0 radical (unpaired) electrons. The summed E-state index contributed by atoms with van der Waals surface area (Å²) >= 11 is 1.26. The highest BCUT2D eigenvalue weighted by Gasteiger charge is 2.30. The lowest BCUT2D eigenvalue weighted by Crippen LogP contribution is -2.28. The average Bonchev–Trinajstić information content (AvgIpc) is 2.82. The number of nitrogens with one attached hydrogen (secondary N) is 1. The topological polar surface area (TPSA) is 87.6 Å². The number of aliphatic carboxylic acids is 1. The normalized spacial score (nSPS) is 11.8. The number of alkyl halides is 3. The molecular formula is C25H27F3N4O3S. The zero-order valence-electron chi connectivity index (χ0n) is 20.0. The Bertz CT molecular complexity index is 1170. The second-order valence-corrected chi connectivity index (χ2v) is 10.1. The highest BCUT2D eigenvalue weighted by Crippen LogP contribution is 2.33. The second kappa shape index (κ2) is 11.6. The van der Waals surface area contributed by atoms with Gasteiger partial charge in [0.15, 0.2) is 0 Å². The number of anilines is 3. The average molecular weight is 521 g/mol. The van der Waals surface area contributed by atoms with Gasteiger partial charge in [0.25, 0.3) is 0 Å². The summed E-state index contributed by atoms with van der Waals surface area (Å²) in [6, 6.07) is 14.1. The van der Waals surface area contributed by atoms with E-state index in [1.807, 2.05) is 29.2 Å². The minimum atomic E-state index is -4.44. The first-order chi connectivity index (χ1) is 17.0. The van der Waals surface area contributed by atoms with E-state index in [9.17, 15) is 23.1 Å². The van der Waals surface area contributed by atoms with Crippen molar-refractivity contribution in [2.24, 2.45) is 0 Å². The first-order valence-electron chi connectivity index (χ1n) is 11.0. The minimum absolute atomic E-state index is 0.260. The maximum atomic E-state index is 13.0. The number of carboxylic acids is 1. The molecule has 0 amide bonds. The lowest BCUT2D eigenvalue weighted by Gasteiger charge is -2.24. The van der Waals surface area contributed by atoms with Gasteiger partial charge in [-0.25, -0.2) is 9.97 Å². The molecule has 0 fully saturated rings. The summed E-state index contributed by atoms with van der Waals surface area (Å²) in [7, 11) is 1.59. The SMILES string of the molecule is COCCN(Cc1ccc(SC(C)(C)C(=O)O)cc1)c1cc(Nc2cccc(C(F)(F)F)c2)ncn1. The van der Waals surface area contributed by atoms with Gasteiger partial charge in [0.05, 0.1) is 12.2 Å². The molecule has 3 rings (SSSR count). The van der Waals surface area contributed by atoms with E-state index in [-0.39, 0.29) is 5.69 Å². The third kappa shape index (κ3) is 7.59. The first kappa shape index (κ1) is 27.3. The van der Waals surface area contributed by atoms with E-state index in [2.05, 4.69) is 15.3 Å². The summed E-state index contributed by atoms with van der Waals surface area (Å²) in [6.45, 7) is 4.73. The van der Waals surface area contributed by atoms with Gasteiger partial charge in [-0.3, -0.25) is 4.79 Å². The monoisotopic (exact) mass is 520 g/mol. The molecule has 1 aromatic heterocycles.